The van der Waals surface area contributed by atoms with Gasteiger partial charge in [-0.25, -0.2) is 0 Å². The minimum absolute atomic E-state index is 0.108. The van der Waals surface area contributed by atoms with E-state index >= 15 is 0 Å². The number of anilines is 1. The van der Waals surface area contributed by atoms with Gasteiger partial charge in [-0.1, -0.05) is 38.1 Å². The van der Waals surface area contributed by atoms with Crippen molar-refractivity contribution in [3.63, 3.8) is 0 Å². The second-order valence-electron chi connectivity index (χ2n) is 7.90. The number of morpholine rings is 1. The van der Waals surface area contributed by atoms with Crippen LogP contribution in [0.2, 0.25) is 0 Å². The Morgan fingerprint density at radius 3 is 2.47 bits per heavy atom. The number of ether oxygens (including phenoxy) is 2. The number of carbonyl (C=O) groups is 2. The molecule has 30 heavy (non-hydrogen) atoms. The molecule has 6 heteroatoms. The molecule has 1 atom stereocenters. The summed E-state index contributed by atoms with van der Waals surface area (Å²) in [6.45, 7) is 10.0. The molecule has 1 heterocycles. The summed E-state index contributed by atoms with van der Waals surface area (Å²) in [5, 5.41) is 2.87. The molecule has 1 fully saturated rings. The van der Waals surface area contributed by atoms with E-state index < -0.39 is 6.10 Å². The van der Waals surface area contributed by atoms with E-state index in [9.17, 15) is 9.59 Å². The second-order valence-corrected chi connectivity index (χ2v) is 7.90. The van der Waals surface area contributed by atoms with Gasteiger partial charge in [0.1, 0.15) is 5.75 Å². The first-order valence-electron chi connectivity index (χ1n) is 10.4. The summed E-state index contributed by atoms with van der Waals surface area (Å²) in [7, 11) is 0. The minimum atomic E-state index is -0.712. The molecule has 0 aromatic heterocycles. The Morgan fingerprint density at radius 1 is 1.07 bits per heavy atom. The van der Waals surface area contributed by atoms with Gasteiger partial charge in [0, 0.05) is 13.1 Å². The average molecular weight is 411 g/mol. The molecule has 0 saturated carbocycles. The molecule has 0 bridgehead atoms. The normalized spacial score (nSPS) is 15.0. The predicted octanol–water partition coefficient (Wildman–Crippen LogP) is 4.00. The van der Waals surface area contributed by atoms with Crippen molar-refractivity contribution < 1.29 is 19.1 Å². The number of aryl methyl sites for hydroxylation is 1. The lowest BCUT2D eigenvalue weighted by Gasteiger charge is -2.27. The lowest BCUT2D eigenvalue weighted by atomic mass is 10.0. The molecule has 1 saturated heterocycles. The summed E-state index contributed by atoms with van der Waals surface area (Å²) < 4.78 is 11.3. The van der Waals surface area contributed by atoms with Crippen molar-refractivity contribution in [3.05, 3.63) is 59.2 Å². The number of benzene rings is 2. The zero-order valence-corrected chi connectivity index (χ0v) is 18.1. The third-order valence-corrected chi connectivity index (χ3v) is 5.18. The van der Waals surface area contributed by atoms with Crippen molar-refractivity contribution in [2.45, 2.75) is 39.7 Å². The number of carbonyl (C=O) groups excluding carboxylic acids is 2. The maximum absolute atomic E-state index is 12.9. The third kappa shape index (κ3) is 5.19. The summed E-state index contributed by atoms with van der Waals surface area (Å²) in [6, 6.07) is 13.1. The van der Waals surface area contributed by atoms with E-state index in [-0.39, 0.29) is 17.7 Å². The van der Waals surface area contributed by atoms with Crippen LogP contribution in [0.5, 0.6) is 5.75 Å². The topological polar surface area (TPSA) is 67.9 Å². The van der Waals surface area contributed by atoms with E-state index in [4.69, 9.17) is 9.47 Å². The summed E-state index contributed by atoms with van der Waals surface area (Å²) in [4.78, 5) is 27.5. The maximum Gasteiger partial charge on any atom is 0.265 e. The standard InChI is InChI=1S/C24H30N2O4/c1-16(2)19-10-9-17(3)15-22(19)30-18(4)23(27)25-21-8-6-5-7-20(21)24(28)26-11-13-29-14-12-26/h5-10,15-16,18H,11-14H2,1-4H3,(H,25,27)/t18-/m1/s1. The molecule has 1 N–H and O–H groups in total. The summed E-state index contributed by atoms with van der Waals surface area (Å²) >= 11 is 0. The second kappa shape index (κ2) is 9.76. The van der Waals surface area contributed by atoms with Gasteiger partial charge in [0.15, 0.2) is 6.10 Å². The lowest BCUT2D eigenvalue weighted by Crippen LogP contribution is -2.41. The highest BCUT2D eigenvalue weighted by Crippen LogP contribution is 2.28. The van der Waals surface area contributed by atoms with Crippen molar-refractivity contribution in [3.8, 4) is 5.75 Å². The molecule has 6 nitrogen and oxygen atoms in total. The molecule has 1 aliphatic heterocycles. The minimum Gasteiger partial charge on any atom is -0.481 e. The highest BCUT2D eigenvalue weighted by molar-refractivity contribution is 6.04. The average Bonchev–Trinajstić information content (AvgIpc) is 2.74. The number of nitrogens with one attached hydrogen (secondary N) is 1. The first-order valence-corrected chi connectivity index (χ1v) is 10.4. The van der Waals surface area contributed by atoms with Crippen LogP contribution in [0.1, 0.15) is 48.2 Å². The Balaban J connectivity index is 1.73. The fraction of sp³-hybridized carbons (Fsp3) is 0.417. The number of rotatable bonds is 6. The third-order valence-electron chi connectivity index (χ3n) is 5.18. The number of para-hydroxylation sites is 1. The lowest BCUT2D eigenvalue weighted by molar-refractivity contribution is -0.122. The van der Waals surface area contributed by atoms with Crippen LogP contribution < -0.4 is 10.1 Å². The van der Waals surface area contributed by atoms with Crippen LogP contribution in [0.4, 0.5) is 5.69 Å². The van der Waals surface area contributed by atoms with Crippen molar-refractivity contribution in [1.29, 1.82) is 0 Å². The molecule has 3 rings (SSSR count). The molecule has 0 unspecified atom stereocenters. The monoisotopic (exact) mass is 410 g/mol. The summed E-state index contributed by atoms with van der Waals surface area (Å²) in [5.74, 6) is 0.588. The van der Waals surface area contributed by atoms with Gasteiger partial charge in [-0.15, -0.1) is 0 Å². The molecular formula is C24H30N2O4. The molecular weight excluding hydrogens is 380 g/mol. The fourth-order valence-electron chi connectivity index (χ4n) is 3.41. The first-order chi connectivity index (χ1) is 14.4. The Morgan fingerprint density at radius 2 is 1.77 bits per heavy atom. The van der Waals surface area contributed by atoms with Crippen molar-refractivity contribution >= 4 is 17.5 Å². The Bertz CT molecular complexity index is 904. The van der Waals surface area contributed by atoms with Crippen LogP contribution in [0, 0.1) is 6.92 Å². The highest BCUT2D eigenvalue weighted by Gasteiger charge is 2.23. The van der Waals surface area contributed by atoms with Crippen LogP contribution in [-0.4, -0.2) is 49.1 Å². The number of hydrogen-bond acceptors (Lipinski definition) is 4. The Kier molecular flexibility index (Phi) is 7.11. The van der Waals surface area contributed by atoms with Gasteiger partial charge in [-0.3, -0.25) is 9.59 Å². The number of hydrogen-bond donors (Lipinski definition) is 1. The quantitative estimate of drug-likeness (QED) is 0.782. The van der Waals surface area contributed by atoms with E-state index in [0.29, 0.717) is 43.3 Å². The summed E-state index contributed by atoms with van der Waals surface area (Å²) in [5.41, 5.74) is 3.09. The Hall–Kier alpha value is -2.86. The van der Waals surface area contributed by atoms with E-state index in [1.165, 1.54) is 0 Å². The maximum atomic E-state index is 12.9. The molecule has 2 aromatic carbocycles. The van der Waals surface area contributed by atoms with Gasteiger partial charge in [0.25, 0.3) is 11.8 Å². The van der Waals surface area contributed by atoms with Gasteiger partial charge in [-0.05, 0) is 49.1 Å². The molecule has 2 amide bonds. The van der Waals surface area contributed by atoms with Gasteiger partial charge < -0.3 is 19.7 Å². The van der Waals surface area contributed by atoms with E-state index in [1.807, 2.05) is 25.1 Å². The molecule has 0 aliphatic carbocycles. The zero-order valence-electron chi connectivity index (χ0n) is 18.1. The molecule has 160 valence electrons. The van der Waals surface area contributed by atoms with Crippen LogP contribution in [0.3, 0.4) is 0 Å². The SMILES string of the molecule is Cc1ccc(C(C)C)c(O[C@H](C)C(=O)Nc2ccccc2C(=O)N2CCOCC2)c1. The van der Waals surface area contributed by atoms with Crippen LogP contribution in [0.25, 0.3) is 0 Å². The largest absolute Gasteiger partial charge is 0.481 e. The smallest absolute Gasteiger partial charge is 0.265 e. The van der Waals surface area contributed by atoms with Crippen LogP contribution in [-0.2, 0) is 9.53 Å². The van der Waals surface area contributed by atoms with Crippen molar-refractivity contribution in [2.75, 3.05) is 31.6 Å². The van der Waals surface area contributed by atoms with Gasteiger partial charge in [0.05, 0.1) is 24.5 Å². The molecule has 2 aromatic rings. The van der Waals surface area contributed by atoms with Crippen molar-refractivity contribution in [2.24, 2.45) is 0 Å². The van der Waals surface area contributed by atoms with Gasteiger partial charge >= 0.3 is 0 Å². The number of nitrogens with zero attached hydrogens (tertiary/aromatic N) is 1. The summed E-state index contributed by atoms with van der Waals surface area (Å²) in [6.07, 6.45) is -0.712. The van der Waals surface area contributed by atoms with E-state index in [2.05, 4.69) is 19.2 Å². The molecule has 1 aliphatic rings. The van der Waals surface area contributed by atoms with Crippen LogP contribution >= 0.6 is 0 Å². The predicted molar refractivity (Wildman–Crippen MR) is 117 cm³/mol. The molecule has 0 radical (unpaired) electrons. The van der Waals surface area contributed by atoms with E-state index in [0.717, 1.165) is 11.1 Å². The zero-order chi connectivity index (χ0) is 21.7. The van der Waals surface area contributed by atoms with Crippen LogP contribution in [0.15, 0.2) is 42.5 Å². The van der Waals surface area contributed by atoms with E-state index in [1.54, 1.807) is 36.1 Å². The number of amides is 2. The fourth-order valence-corrected chi connectivity index (χ4v) is 3.41. The van der Waals surface area contributed by atoms with Gasteiger partial charge in [-0.2, -0.15) is 0 Å². The Labute approximate surface area is 178 Å². The molecule has 0 spiro atoms. The highest BCUT2D eigenvalue weighted by atomic mass is 16.5. The van der Waals surface area contributed by atoms with Gasteiger partial charge in [0.2, 0.25) is 0 Å². The first kappa shape index (κ1) is 21.8. The van der Waals surface area contributed by atoms with Crippen molar-refractivity contribution in [1.82, 2.24) is 4.90 Å².